The number of benzene rings is 2. The van der Waals surface area contributed by atoms with Gasteiger partial charge in [-0.3, -0.25) is 9.78 Å². The molecule has 3 heterocycles. The van der Waals surface area contributed by atoms with Gasteiger partial charge in [0.15, 0.2) is 6.10 Å². The van der Waals surface area contributed by atoms with Crippen molar-refractivity contribution in [3.8, 4) is 23.1 Å². The molecule has 6 nitrogen and oxygen atoms in total. The predicted octanol–water partition coefficient (Wildman–Crippen LogP) is 5.09. The number of carbonyl (C=O) groups is 1. The van der Waals surface area contributed by atoms with Crippen LogP contribution >= 0.6 is 11.6 Å². The summed E-state index contributed by atoms with van der Waals surface area (Å²) in [5.41, 5.74) is 2.55. The molecule has 2 aliphatic heterocycles. The lowest BCUT2D eigenvalue weighted by molar-refractivity contribution is -0.140. The van der Waals surface area contributed by atoms with Gasteiger partial charge in [0.2, 0.25) is 0 Å². The summed E-state index contributed by atoms with van der Waals surface area (Å²) in [6.45, 7) is 1.28. The number of nitrogens with one attached hydrogen (secondary N) is 1. The van der Waals surface area contributed by atoms with Crippen LogP contribution in [0.15, 0.2) is 60.8 Å². The van der Waals surface area contributed by atoms with Crippen LogP contribution < -0.4 is 10.1 Å². The van der Waals surface area contributed by atoms with Gasteiger partial charge in [-0.25, -0.2) is 4.39 Å². The highest BCUT2D eigenvalue weighted by Gasteiger charge is 2.39. The summed E-state index contributed by atoms with van der Waals surface area (Å²) in [7, 11) is 0. The lowest BCUT2D eigenvalue weighted by Crippen LogP contribution is -2.51. The Balaban J connectivity index is 1.26. The lowest BCUT2D eigenvalue weighted by atomic mass is 9.75. The Morgan fingerprint density at radius 2 is 2.00 bits per heavy atom. The van der Waals surface area contributed by atoms with E-state index in [0.717, 1.165) is 22.5 Å². The van der Waals surface area contributed by atoms with Crippen molar-refractivity contribution in [1.29, 1.82) is 5.26 Å². The number of amides is 1. The number of nitrogens with zero attached hydrogens (tertiary/aromatic N) is 3. The smallest absolute Gasteiger partial charge is 0.265 e. The molecule has 3 aromatic rings. The molecule has 5 rings (SSSR count). The van der Waals surface area contributed by atoms with Gasteiger partial charge in [0.25, 0.3) is 5.91 Å². The second-order valence-electron chi connectivity index (χ2n) is 9.05. The number of halogens is 2. The second kappa shape index (κ2) is 9.55. The first-order chi connectivity index (χ1) is 17.0. The van der Waals surface area contributed by atoms with Crippen LogP contribution in [-0.4, -0.2) is 41.5 Å². The average Bonchev–Trinajstić information content (AvgIpc) is 2.90. The third-order valence-corrected chi connectivity index (χ3v) is 7.07. The number of hydrogen-bond donors (Lipinski definition) is 1. The van der Waals surface area contributed by atoms with E-state index in [1.54, 1.807) is 29.3 Å². The number of rotatable bonds is 4. The van der Waals surface area contributed by atoms with Gasteiger partial charge in [-0.15, -0.1) is 0 Å². The van der Waals surface area contributed by atoms with Crippen molar-refractivity contribution in [3.05, 3.63) is 77.2 Å². The minimum Gasteiger partial charge on any atom is -0.477 e. The van der Waals surface area contributed by atoms with Gasteiger partial charge in [0, 0.05) is 24.8 Å². The number of likely N-dealkylation sites (tertiary alicyclic amines) is 1. The number of nitriles is 1. The van der Waals surface area contributed by atoms with Crippen LogP contribution in [0.2, 0.25) is 5.02 Å². The fraction of sp³-hybridized carbons (Fsp3) is 0.296. The third kappa shape index (κ3) is 4.80. The fourth-order valence-electron chi connectivity index (χ4n) is 4.72. The number of anilines is 1. The van der Waals surface area contributed by atoms with E-state index >= 15 is 0 Å². The van der Waals surface area contributed by atoms with Crippen LogP contribution in [-0.2, 0) is 11.2 Å². The number of ether oxygens (including phenoxy) is 1. The van der Waals surface area contributed by atoms with E-state index in [4.69, 9.17) is 16.3 Å². The maximum atomic E-state index is 13.3. The first-order valence-electron chi connectivity index (χ1n) is 11.6. The van der Waals surface area contributed by atoms with Crippen molar-refractivity contribution in [3.63, 3.8) is 0 Å². The minimum atomic E-state index is -0.674. The number of carbonyl (C=O) groups excluding carboxylic acids is 1. The zero-order chi connectivity index (χ0) is 24.4. The minimum absolute atomic E-state index is 0.106. The lowest BCUT2D eigenvalue weighted by Gasteiger charge is -2.39. The Morgan fingerprint density at radius 3 is 2.69 bits per heavy atom. The van der Waals surface area contributed by atoms with E-state index in [1.807, 2.05) is 24.3 Å². The quantitative estimate of drug-likeness (QED) is 0.551. The standard InChI is InChI=1S/C27H24ClFN4O2/c28-21-14-23-24(13-20(21)22-3-1-2-10-31-22)35-25(16-32-23)26(34)33-11-8-27(17-30,9-12-33)15-18-4-6-19(29)7-5-18/h1-7,10,13-14,25,32H,8-9,11-12,15-16H2. The Bertz CT molecular complexity index is 1270. The SMILES string of the molecule is N#CC1(Cc2ccc(F)cc2)CCN(C(=O)C2CNc3cc(Cl)c(-c4ccccn4)cc3O2)CC1. The van der Waals surface area contributed by atoms with Crippen LogP contribution in [0.5, 0.6) is 5.75 Å². The molecule has 1 amide bonds. The second-order valence-corrected chi connectivity index (χ2v) is 9.46. The summed E-state index contributed by atoms with van der Waals surface area (Å²) < 4.78 is 19.4. The van der Waals surface area contributed by atoms with Gasteiger partial charge in [-0.2, -0.15) is 5.26 Å². The van der Waals surface area contributed by atoms with Crippen LogP contribution in [0.3, 0.4) is 0 Å². The van der Waals surface area contributed by atoms with E-state index < -0.39 is 11.5 Å². The van der Waals surface area contributed by atoms with Crippen LogP contribution in [0.1, 0.15) is 18.4 Å². The number of pyridine rings is 1. The van der Waals surface area contributed by atoms with Gasteiger partial charge in [-0.05, 0) is 61.2 Å². The molecule has 1 N–H and O–H groups in total. The number of fused-ring (bicyclic) bond motifs is 1. The summed E-state index contributed by atoms with van der Waals surface area (Å²) in [6, 6.07) is 17.9. The van der Waals surface area contributed by atoms with Crippen molar-refractivity contribution in [2.45, 2.75) is 25.4 Å². The summed E-state index contributed by atoms with van der Waals surface area (Å²) in [5, 5.41) is 13.7. The molecule has 1 fully saturated rings. The molecule has 0 radical (unpaired) electrons. The molecule has 0 saturated carbocycles. The van der Waals surface area contributed by atoms with Crippen molar-refractivity contribution < 1.29 is 13.9 Å². The van der Waals surface area contributed by atoms with Gasteiger partial charge in [0.1, 0.15) is 11.6 Å². The number of aromatic nitrogens is 1. The van der Waals surface area contributed by atoms with Gasteiger partial charge in [-0.1, -0.05) is 29.8 Å². The highest BCUT2D eigenvalue weighted by atomic mass is 35.5. The van der Waals surface area contributed by atoms with Gasteiger partial charge in [0.05, 0.1) is 34.4 Å². The highest BCUT2D eigenvalue weighted by molar-refractivity contribution is 6.33. The molecule has 178 valence electrons. The molecule has 1 unspecified atom stereocenters. The topological polar surface area (TPSA) is 78.3 Å². The fourth-order valence-corrected chi connectivity index (χ4v) is 4.98. The maximum Gasteiger partial charge on any atom is 0.265 e. The molecule has 2 aromatic carbocycles. The molecule has 8 heteroatoms. The van der Waals surface area contributed by atoms with Crippen molar-refractivity contribution in [1.82, 2.24) is 9.88 Å². The molecule has 0 bridgehead atoms. The van der Waals surface area contributed by atoms with Crippen LogP contribution in [0.25, 0.3) is 11.3 Å². The number of piperidine rings is 1. The van der Waals surface area contributed by atoms with E-state index in [2.05, 4.69) is 16.4 Å². The molecule has 1 aromatic heterocycles. The Labute approximate surface area is 208 Å². The summed E-state index contributed by atoms with van der Waals surface area (Å²) in [6.07, 6.45) is 2.68. The molecular formula is C27H24ClFN4O2. The molecule has 1 saturated heterocycles. The normalized spacial score (nSPS) is 18.5. The molecule has 2 aliphatic rings. The zero-order valence-electron chi connectivity index (χ0n) is 19.0. The van der Waals surface area contributed by atoms with Crippen LogP contribution in [0.4, 0.5) is 10.1 Å². The first kappa shape index (κ1) is 23.1. The molecule has 0 aliphatic carbocycles. The Hall–Kier alpha value is -3.63. The van der Waals surface area contributed by atoms with E-state index in [0.29, 0.717) is 49.7 Å². The highest BCUT2D eigenvalue weighted by Crippen LogP contribution is 2.39. The zero-order valence-corrected chi connectivity index (χ0v) is 19.8. The molecule has 1 atom stereocenters. The third-order valence-electron chi connectivity index (χ3n) is 6.76. The Kier molecular flexibility index (Phi) is 6.31. The Morgan fingerprint density at radius 1 is 1.23 bits per heavy atom. The van der Waals surface area contributed by atoms with Gasteiger partial charge >= 0.3 is 0 Å². The van der Waals surface area contributed by atoms with Crippen LogP contribution in [0, 0.1) is 22.6 Å². The van der Waals surface area contributed by atoms with Crippen molar-refractivity contribution in [2.75, 3.05) is 25.0 Å². The summed E-state index contributed by atoms with van der Waals surface area (Å²) >= 11 is 6.47. The monoisotopic (exact) mass is 490 g/mol. The summed E-state index contributed by atoms with van der Waals surface area (Å²) in [5.74, 6) is 0.155. The largest absolute Gasteiger partial charge is 0.477 e. The van der Waals surface area contributed by atoms with Gasteiger partial charge < -0.3 is 15.0 Å². The van der Waals surface area contributed by atoms with Crippen molar-refractivity contribution in [2.24, 2.45) is 5.41 Å². The maximum absolute atomic E-state index is 13.3. The number of hydrogen-bond acceptors (Lipinski definition) is 5. The molecule has 35 heavy (non-hydrogen) atoms. The van der Waals surface area contributed by atoms with Crippen molar-refractivity contribution >= 4 is 23.2 Å². The van der Waals surface area contributed by atoms with E-state index in [1.165, 1.54) is 12.1 Å². The predicted molar refractivity (Wildman–Crippen MR) is 132 cm³/mol. The molecular weight excluding hydrogens is 467 g/mol. The first-order valence-corrected chi connectivity index (χ1v) is 11.9. The average molecular weight is 491 g/mol. The van der Waals surface area contributed by atoms with E-state index in [-0.39, 0.29) is 11.7 Å². The summed E-state index contributed by atoms with van der Waals surface area (Å²) in [4.78, 5) is 19.4. The van der Waals surface area contributed by atoms with E-state index in [9.17, 15) is 14.4 Å². The molecule has 0 spiro atoms.